The molecular formula is C14H20N2O2. The summed E-state index contributed by atoms with van der Waals surface area (Å²) in [6.45, 7) is 4.47. The third kappa shape index (κ3) is 3.01. The summed E-state index contributed by atoms with van der Waals surface area (Å²) in [4.78, 5) is 11.3. The van der Waals surface area contributed by atoms with E-state index in [9.17, 15) is 4.79 Å². The highest BCUT2D eigenvalue weighted by Crippen LogP contribution is 2.31. The minimum absolute atomic E-state index is 0.0107. The van der Waals surface area contributed by atoms with Gasteiger partial charge in [0.25, 0.3) is 5.91 Å². The van der Waals surface area contributed by atoms with Crippen LogP contribution >= 0.6 is 0 Å². The van der Waals surface area contributed by atoms with Gasteiger partial charge in [0.1, 0.15) is 5.75 Å². The first-order valence-corrected chi connectivity index (χ1v) is 6.38. The van der Waals surface area contributed by atoms with Crippen molar-refractivity contribution in [3.8, 4) is 5.75 Å². The summed E-state index contributed by atoms with van der Waals surface area (Å²) in [6, 6.07) is 5.77. The van der Waals surface area contributed by atoms with Crippen LogP contribution in [0.1, 0.15) is 38.3 Å². The Kier molecular flexibility index (Phi) is 3.87. The average Bonchev–Trinajstić information content (AvgIpc) is 2.34. The SMILES string of the molecule is CC(C)CCC(N)c1ccc2c(c1)NC(=O)CO2. The van der Waals surface area contributed by atoms with Crippen LogP contribution in [-0.2, 0) is 4.79 Å². The number of fused-ring (bicyclic) bond motifs is 1. The molecule has 98 valence electrons. The number of hydrogen-bond acceptors (Lipinski definition) is 3. The molecule has 1 aliphatic rings. The zero-order chi connectivity index (χ0) is 13.1. The number of nitrogens with one attached hydrogen (secondary N) is 1. The number of ether oxygens (including phenoxy) is 1. The molecule has 0 saturated heterocycles. The largest absolute Gasteiger partial charge is 0.482 e. The Morgan fingerprint density at radius 3 is 2.89 bits per heavy atom. The standard InChI is InChI=1S/C14H20N2O2/c1-9(2)3-5-11(15)10-4-6-13-12(7-10)16-14(17)8-18-13/h4,6-7,9,11H,3,5,8,15H2,1-2H3,(H,16,17). The summed E-state index contributed by atoms with van der Waals surface area (Å²) in [5, 5.41) is 2.80. The van der Waals surface area contributed by atoms with Crippen LogP contribution in [0.5, 0.6) is 5.75 Å². The van der Waals surface area contributed by atoms with Crippen LogP contribution in [0.15, 0.2) is 18.2 Å². The molecule has 3 N–H and O–H groups in total. The van der Waals surface area contributed by atoms with Crippen molar-refractivity contribution in [2.45, 2.75) is 32.7 Å². The number of anilines is 1. The van der Waals surface area contributed by atoms with Gasteiger partial charge in [-0.2, -0.15) is 0 Å². The van der Waals surface area contributed by atoms with Gasteiger partial charge in [0, 0.05) is 6.04 Å². The van der Waals surface area contributed by atoms with Gasteiger partial charge in [-0.3, -0.25) is 4.79 Å². The lowest BCUT2D eigenvalue weighted by Crippen LogP contribution is -2.25. The average molecular weight is 248 g/mol. The third-order valence-corrected chi connectivity index (χ3v) is 3.12. The van der Waals surface area contributed by atoms with Gasteiger partial charge in [0.15, 0.2) is 6.61 Å². The van der Waals surface area contributed by atoms with E-state index in [2.05, 4.69) is 19.2 Å². The molecule has 4 nitrogen and oxygen atoms in total. The molecule has 0 spiro atoms. The van der Waals surface area contributed by atoms with E-state index >= 15 is 0 Å². The molecule has 1 atom stereocenters. The summed E-state index contributed by atoms with van der Waals surface area (Å²) in [5.74, 6) is 1.25. The Morgan fingerprint density at radius 2 is 2.17 bits per heavy atom. The minimum Gasteiger partial charge on any atom is -0.482 e. The maximum absolute atomic E-state index is 11.3. The van der Waals surface area contributed by atoms with Gasteiger partial charge < -0.3 is 15.8 Å². The Labute approximate surface area is 108 Å². The number of benzene rings is 1. The smallest absolute Gasteiger partial charge is 0.262 e. The van der Waals surface area contributed by atoms with E-state index in [-0.39, 0.29) is 18.6 Å². The molecule has 0 fully saturated rings. The van der Waals surface area contributed by atoms with Gasteiger partial charge in [0.05, 0.1) is 5.69 Å². The first kappa shape index (κ1) is 12.9. The lowest BCUT2D eigenvalue weighted by Gasteiger charge is -2.20. The highest BCUT2D eigenvalue weighted by atomic mass is 16.5. The van der Waals surface area contributed by atoms with Gasteiger partial charge in [-0.05, 0) is 36.5 Å². The quantitative estimate of drug-likeness (QED) is 0.860. The van der Waals surface area contributed by atoms with Crippen LogP contribution in [0, 0.1) is 5.92 Å². The Balaban J connectivity index is 2.10. The van der Waals surface area contributed by atoms with E-state index in [1.54, 1.807) is 0 Å². The fraction of sp³-hybridized carbons (Fsp3) is 0.500. The van der Waals surface area contributed by atoms with Crippen LogP contribution in [0.4, 0.5) is 5.69 Å². The van der Waals surface area contributed by atoms with Crippen molar-refractivity contribution in [2.75, 3.05) is 11.9 Å². The van der Waals surface area contributed by atoms with E-state index in [4.69, 9.17) is 10.5 Å². The number of rotatable bonds is 4. The van der Waals surface area contributed by atoms with Gasteiger partial charge in [-0.25, -0.2) is 0 Å². The molecule has 0 aliphatic carbocycles. The fourth-order valence-electron chi connectivity index (χ4n) is 2.01. The monoisotopic (exact) mass is 248 g/mol. The molecule has 18 heavy (non-hydrogen) atoms. The molecule has 1 aliphatic heterocycles. The normalized spacial score (nSPS) is 15.9. The molecule has 1 aromatic rings. The number of carbonyl (C=O) groups excluding carboxylic acids is 1. The molecule has 1 aromatic carbocycles. The maximum Gasteiger partial charge on any atom is 0.262 e. The summed E-state index contributed by atoms with van der Waals surface area (Å²) in [7, 11) is 0. The number of hydrogen-bond donors (Lipinski definition) is 2. The number of carbonyl (C=O) groups is 1. The number of amides is 1. The Hall–Kier alpha value is -1.55. The highest BCUT2D eigenvalue weighted by molar-refractivity contribution is 5.95. The molecule has 1 heterocycles. The molecule has 1 amide bonds. The van der Waals surface area contributed by atoms with Crippen molar-refractivity contribution in [2.24, 2.45) is 11.7 Å². The van der Waals surface area contributed by atoms with Gasteiger partial charge in [0.2, 0.25) is 0 Å². The van der Waals surface area contributed by atoms with Crippen LogP contribution in [0.25, 0.3) is 0 Å². The predicted molar refractivity (Wildman–Crippen MR) is 71.6 cm³/mol. The Bertz CT molecular complexity index is 443. The second kappa shape index (κ2) is 5.40. The molecular weight excluding hydrogens is 228 g/mol. The van der Waals surface area contributed by atoms with E-state index in [1.807, 2.05) is 18.2 Å². The van der Waals surface area contributed by atoms with E-state index in [0.717, 1.165) is 29.8 Å². The van der Waals surface area contributed by atoms with Crippen LogP contribution in [-0.4, -0.2) is 12.5 Å². The van der Waals surface area contributed by atoms with Gasteiger partial charge in [-0.1, -0.05) is 19.9 Å². The molecule has 0 radical (unpaired) electrons. The van der Waals surface area contributed by atoms with Crippen molar-refractivity contribution in [3.05, 3.63) is 23.8 Å². The zero-order valence-electron chi connectivity index (χ0n) is 10.9. The van der Waals surface area contributed by atoms with E-state index < -0.39 is 0 Å². The second-order valence-electron chi connectivity index (χ2n) is 5.17. The minimum atomic E-state index is -0.115. The van der Waals surface area contributed by atoms with Crippen LogP contribution in [0.3, 0.4) is 0 Å². The van der Waals surface area contributed by atoms with Crippen molar-refractivity contribution >= 4 is 11.6 Å². The number of nitrogens with two attached hydrogens (primary N) is 1. The molecule has 1 unspecified atom stereocenters. The van der Waals surface area contributed by atoms with Crippen LogP contribution in [0.2, 0.25) is 0 Å². The lowest BCUT2D eigenvalue weighted by molar-refractivity contribution is -0.118. The summed E-state index contributed by atoms with van der Waals surface area (Å²) >= 11 is 0. The first-order chi connectivity index (χ1) is 8.56. The van der Waals surface area contributed by atoms with Crippen LogP contribution < -0.4 is 15.8 Å². The highest BCUT2D eigenvalue weighted by Gasteiger charge is 2.17. The molecule has 0 saturated carbocycles. The van der Waals surface area contributed by atoms with Crippen molar-refractivity contribution in [1.29, 1.82) is 0 Å². The van der Waals surface area contributed by atoms with Crippen molar-refractivity contribution in [3.63, 3.8) is 0 Å². The zero-order valence-corrected chi connectivity index (χ0v) is 10.9. The molecule has 0 aromatic heterocycles. The summed E-state index contributed by atoms with van der Waals surface area (Å²) in [5.41, 5.74) is 7.93. The summed E-state index contributed by atoms with van der Waals surface area (Å²) < 4.78 is 5.32. The molecule has 0 bridgehead atoms. The van der Waals surface area contributed by atoms with E-state index in [0.29, 0.717) is 5.92 Å². The third-order valence-electron chi connectivity index (χ3n) is 3.12. The second-order valence-corrected chi connectivity index (χ2v) is 5.17. The van der Waals surface area contributed by atoms with E-state index in [1.165, 1.54) is 0 Å². The Morgan fingerprint density at radius 1 is 1.39 bits per heavy atom. The lowest BCUT2D eigenvalue weighted by atomic mass is 9.98. The fourth-order valence-corrected chi connectivity index (χ4v) is 2.01. The van der Waals surface area contributed by atoms with Gasteiger partial charge >= 0.3 is 0 Å². The first-order valence-electron chi connectivity index (χ1n) is 6.38. The topological polar surface area (TPSA) is 64.3 Å². The maximum atomic E-state index is 11.3. The van der Waals surface area contributed by atoms with Crippen molar-refractivity contribution in [1.82, 2.24) is 0 Å². The summed E-state index contributed by atoms with van der Waals surface area (Å²) in [6.07, 6.45) is 2.05. The van der Waals surface area contributed by atoms with Gasteiger partial charge in [-0.15, -0.1) is 0 Å². The molecule has 2 rings (SSSR count). The molecule has 4 heteroatoms. The van der Waals surface area contributed by atoms with Crippen molar-refractivity contribution < 1.29 is 9.53 Å². The predicted octanol–water partition coefficient (Wildman–Crippen LogP) is 2.45.